The lowest BCUT2D eigenvalue weighted by molar-refractivity contribution is -0.123. The molecule has 0 fully saturated rings. The van der Waals surface area contributed by atoms with Crippen molar-refractivity contribution in [1.29, 1.82) is 0 Å². The third-order valence-corrected chi connectivity index (χ3v) is 4.07. The van der Waals surface area contributed by atoms with Crippen LogP contribution in [0.1, 0.15) is 5.56 Å². The molecule has 0 atom stereocenters. The molecular formula is C18H16F3N3O2. The molecule has 1 aliphatic rings. The van der Waals surface area contributed by atoms with E-state index in [2.05, 4.69) is 10.6 Å². The van der Waals surface area contributed by atoms with Crippen molar-refractivity contribution < 1.29 is 22.8 Å². The molecule has 0 aliphatic carbocycles. The zero-order valence-electron chi connectivity index (χ0n) is 13.7. The van der Waals surface area contributed by atoms with Gasteiger partial charge in [-0.25, -0.2) is 13.2 Å². The van der Waals surface area contributed by atoms with E-state index in [1.807, 2.05) is 29.2 Å². The summed E-state index contributed by atoms with van der Waals surface area (Å²) in [5.41, 5.74) is 1.65. The Morgan fingerprint density at radius 1 is 1.00 bits per heavy atom. The highest BCUT2D eigenvalue weighted by Gasteiger charge is 2.21. The van der Waals surface area contributed by atoms with E-state index in [9.17, 15) is 22.8 Å². The molecule has 0 saturated heterocycles. The Labute approximate surface area is 147 Å². The molecule has 8 heteroatoms. The first-order valence-corrected chi connectivity index (χ1v) is 7.98. The van der Waals surface area contributed by atoms with Crippen LogP contribution in [0.15, 0.2) is 36.4 Å². The van der Waals surface area contributed by atoms with Gasteiger partial charge < -0.3 is 15.5 Å². The predicted octanol–water partition coefficient (Wildman–Crippen LogP) is 2.22. The number of carbonyl (C=O) groups is 2. The van der Waals surface area contributed by atoms with Crippen LogP contribution in [0.4, 0.5) is 24.5 Å². The van der Waals surface area contributed by atoms with Crippen LogP contribution < -0.4 is 15.5 Å². The molecule has 2 aromatic rings. The van der Waals surface area contributed by atoms with Gasteiger partial charge in [0.05, 0.1) is 18.8 Å². The van der Waals surface area contributed by atoms with Crippen molar-refractivity contribution in [3.05, 3.63) is 59.4 Å². The summed E-state index contributed by atoms with van der Waals surface area (Å²) >= 11 is 0. The second-order valence-electron chi connectivity index (χ2n) is 5.85. The van der Waals surface area contributed by atoms with Gasteiger partial charge in [-0.05, 0) is 30.2 Å². The Morgan fingerprint density at radius 3 is 2.58 bits per heavy atom. The van der Waals surface area contributed by atoms with Gasteiger partial charge in [0.25, 0.3) is 0 Å². The first-order chi connectivity index (χ1) is 12.5. The Bertz CT molecular complexity index is 858. The number of anilines is 2. The average Bonchev–Trinajstić information content (AvgIpc) is 3.03. The lowest BCUT2D eigenvalue weighted by atomic mass is 10.2. The van der Waals surface area contributed by atoms with Gasteiger partial charge in [-0.15, -0.1) is 0 Å². The summed E-state index contributed by atoms with van der Waals surface area (Å²) in [5.74, 6) is -5.62. The molecule has 5 nitrogen and oxygen atoms in total. The van der Waals surface area contributed by atoms with Gasteiger partial charge in [-0.1, -0.05) is 18.2 Å². The number of fused-ring (bicyclic) bond motifs is 1. The molecule has 0 radical (unpaired) electrons. The lowest BCUT2D eigenvalue weighted by Gasteiger charge is -2.18. The molecule has 0 aromatic heterocycles. The molecule has 1 heterocycles. The van der Waals surface area contributed by atoms with Crippen molar-refractivity contribution in [3.8, 4) is 0 Å². The van der Waals surface area contributed by atoms with E-state index >= 15 is 0 Å². The number of nitrogens with zero attached hydrogens (tertiary/aromatic N) is 1. The van der Waals surface area contributed by atoms with Crippen LogP contribution in [0.2, 0.25) is 0 Å². The molecule has 2 N–H and O–H groups in total. The van der Waals surface area contributed by atoms with Gasteiger partial charge in [0.1, 0.15) is 0 Å². The molecule has 1 aliphatic heterocycles. The summed E-state index contributed by atoms with van der Waals surface area (Å²) < 4.78 is 39.5. The molecule has 0 saturated carbocycles. The van der Waals surface area contributed by atoms with Crippen LogP contribution in [0.5, 0.6) is 0 Å². The number of hydrogen-bond acceptors (Lipinski definition) is 3. The van der Waals surface area contributed by atoms with Gasteiger partial charge >= 0.3 is 0 Å². The van der Waals surface area contributed by atoms with E-state index in [4.69, 9.17) is 0 Å². The van der Waals surface area contributed by atoms with Crippen molar-refractivity contribution >= 4 is 23.2 Å². The van der Waals surface area contributed by atoms with E-state index in [0.29, 0.717) is 12.6 Å². The minimum absolute atomic E-state index is 0.0871. The molecule has 0 unspecified atom stereocenters. The number of nitrogens with one attached hydrogen (secondary N) is 2. The third kappa shape index (κ3) is 3.79. The number of benzene rings is 2. The Kier molecular flexibility index (Phi) is 5.11. The van der Waals surface area contributed by atoms with Gasteiger partial charge in [-0.3, -0.25) is 9.59 Å². The molecule has 0 bridgehead atoms. The van der Waals surface area contributed by atoms with Gasteiger partial charge in [-0.2, -0.15) is 0 Å². The van der Waals surface area contributed by atoms with E-state index < -0.39 is 35.6 Å². The Morgan fingerprint density at radius 2 is 1.77 bits per heavy atom. The molecule has 2 aromatic carbocycles. The van der Waals surface area contributed by atoms with Crippen LogP contribution in [0.3, 0.4) is 0 Å². The van der Waals surface area contributed by atoms with Crippen molar-refractivity contribution in [2.24, 2.45) is 0 Å². The van der Waals surface area contributed by atoms with Crippen molar-refractivity contribution in [3.63, 3.8) is 0 Å². The molecule has 26 heavy (non-hydrogen) atoms. The van der Waals surface area contributed by atoms with E-state index in [1.54, 1.807) is 0 Å². The van der Waals surface area contributed by atoms with Crippen LogP contribution >= 0.6 is 0 Å². The molecular weight excluding hydrogens is 347 g/mol. The first kappa shape index (κ1) is 17.8. The van der Waals surface area contributed by atoms with Gasteiger partial charge in [0, 0.05) is 12.2 Å². The predicted molar refractivity (Wildman–Crippen MR) is 90.3 cm³/mol. The summed E-state index contributed by atoms with van der Waals surface area (Å²) in [4.78, 5) is 25.7. The normalized spacial score (nSPS) is 12.7. The fourth-order valence-corrected chi connectivity index (χ4v) is 2.80. The van der Waals surface area contributed by atoms with Gasteiger partial charge in [0.15, 0.2) is 17.5 Å². The van der Waals surface area contributed by atoms with Crippen LogP contribution in [-0.4, -0.2) is 31.4 Å². The maximum atomic E-state index is 13.5. The monoisotopic (exact) mass is 363 g/mol. The van der Waals surface area contributed by atoms with Crippen molar-refractivity contribution in [2.45, 2.75) is 6.42 Å². The quantitative estimate of drug-likeness (QED) is 0.801. The average molecular weight is 363 g/mol. The SMILES string of the molecule is O=C(CN1CCc2ccccc21)NCC(=O)Nc1ccc(F)c(F)c1F. The zero-order chi connectivity index (χ0) is 18.7. The summed E-state index contributed by atoms with van der Waals surface area (Å²) in [6, 6.07) is 9.36. The fraction of sp³-hybridized carbons (Fsp3) is 0.222. The molecule has 136 valence electrons. The fourth-order valence-electron chi connectivity index (χ4n) is 2.80. The van der Waals surface area contributed by atoms with Crippen LogP contribution in [0, 0.1) is 17.5 Å². The molecule has 3 rings (SSSR count). The van der Waals surface area contributed by atoms with Crippen molar-refractivity contribution in [1.82, 2.24) is 5.32 Å². The number of halogens is 3. The second-order valence-corrected chi connectivity index (χ2v) is 5.85. The van der Waals surface area contributed by atoms with E-state index in [1.165, 1.54) is 0 Å². The largest absolute Gasteiger partial charge is 0.362 e. The highest BCUT2D eigenvalue weighted by Crippen LogP contribution is 2.26. The van der Waals surface area contributed by atoms with E-state index in [0.717, 1.165) is 23.7 Å². The van der Waals surface area contributed by atoms with E-state index in [-0.39, 0.29) is 12.5 Å². The maximum absolute atomic E-state index is 13.5. The zero-order valence-corrected chi connectivity index (χ0v) is 13.7. The molecule has 2 amide bonds. The summed E-state index contributed by atoms with van der Waals surface area (Å²) in [6.07, 6.45) is 0.847. The minimum Gasteiger partial charge on any atom is -0.362 e. The summed E-state index contributed by atoms with van der Waals surface area (Å²) in [7, 11) is 0. The lowest BCUT2D eigenvalue weighted by Crippen LogP contribution is -2.40. The number of hydrogen-bond donors (Lipinski definition) is 2. The van der Waals surface area contributed by atoms with Gasteiger partial charge in [0.2, 0.25) is 11.8 Å². The van der Waals surface area contributed by atoms with Crippen LogP contribution in [0.25, 0.3) is 0 Å². The van der Waals surface area contributed by atoms with Crippen LogP contribution in [-0.2, 0) is 16.0 Å². The smallest absolute Gasteiger partial charge is 0.243 e. The number of carbonyl (C=O) groups excluding carboxylic acids is 2. The maximum Gasteiger partial charge on any atom is 0.243 e. The number of rotatable bonds is 5. The second kappa shape index (κ2) is 7.47. The number of amides is 2. The highest BCUT2D eigenvalue weighted by molar-refractivity contribution is 5.95. The molecule has 0 spiro atoms. The standard InChI is InChI=1S/C18H16F3N3O2/c19-12-5-6-13(18(21)17(12)20)23-15(25)9-22-16(26)10-24-8-7-11-3-1-2-4-14(11)24/h1-6H,7-10H2,(H,22,26)(H,23,25). The summed E-state index contributed by atoms with van der Waals surface area (Å²) in [5, 5.41) is 4.52. The Balaban J connectivity index is 1.51. The Hall–Kier alpha value is -3.03. The topological polar surface area (TPSA) is 61.4 Å². The minimum atomic E-state index is -1.67. The highest BCUT2D eigenvalue weighted by atomic mass is 19.2. The summed E-state index contributed by atoms with van der Waals surface area (Å²) in [6.45, 7) is 0.385. The number of para-hydroxylation sites is 1. The third-order valence-electron chi connectivity index (χ3n) is 4.07. The first-order valence-electron chi connectivity index (χ1n) is 7.98. The van der Waals surface area contributed by atoms with Crippen molar-refractivity contribution in [2.75, 3.05) is 29.9 Å².